The van der Waals surface area contributed by atoms with Gasteiger partial charge in [-0.15, -0.1) is 0 Å². The van der Waals surface area contributed by atoms with Crippen molar-refractivity contribution in [2.45, 2.75) is 25.0 Å². The zero-order chi connectivity index (χ0) is 6.53. The lowest BCUT2D eigenvalue weighted by Gasteiger charge is -2.14. The molecule has 2 nitrogen and oxygen atoms in total. The maximum Gasteiger partial charge on any atom is 0.237 e. The highest BCUT2D eigenvalue weighted by molar-refractivity contribution is 6.18. The summed E-state index contributed by atoms with van der Waals surface area (Å²) in [6.45, 7) is 1.46. The van der Waals surface area contributed by atoms with Crippen LogP contribution < -0.4 is 0 Å². The molecular formula is C6H11ClO2. The third kappa shape index (κ3) is 3.04. The minimum absolute atomic E-state index is 0.509. The molecule has 0 bridgehead atoms. The first-order chi connectivity index (χ1) is 4.39. The number of rotatable bonds is 0. The van der Waals surface area contributed by atoms with Crippen molar-refractivity contribution in [3.8, 4) is 0 Å². The fourth-order valence-electron chi connectivity index (χ4n) is 0.781. The molecule has 54 valence electrons. The SMILES string of the molecule is ClC1OCCCCCO1. The number of hydrogen-bond donors (Lipinski definition) is 0. The van der Waals surface area contributed by atoms with Crippen molar-refractivity contribution in [1.82, 2.24) is 0 Å². The van der Waals surface area contributed by atoms with Gasteiger partial charge in [-0.2, -0.15) is 0 Å². The largest absolute Gasteiger partial charge is 0.340 e. The second-order valence-corrected chi connectivity index (χ2v) is 2.43. The summed E-state index contributed by atoms with van der Waals surface area (Å²) in [5.74, 6) is -0.509. The van der Waals surface area contributed by atoms with Gasteiger partial charge in [-0.1, -0.05) is 11.6 Å². The molecule has 1 saturated heterocycles. The van der Waals surface area contributed by atoms with Crippen molar-refractivity contribution in [3.05, 3.63) is 0 Å². The van der Waals surface area contributed by atoms with E-state index in [4.69, 9.17) is 21.1 Å². The molecule has 0 aromatic carbocycles. The molecule has 0 saturated carbocycles. The second-order valence-electron chi connectivity index (χ2n) is 2.08. The maximum absolute atomic E-state index is 5.55. The van der Waals surface area contributed by atoms with Gasteiger partial charge in [0.25, 0.3) is 0 Å². The molecule has 0 amide bonds. The summed E-state index contributed by atoms with van der Waals surface area (Å²) in [7, 11) is 0. The van der Waals surface area contributed by atoms with E-state index in [0.29, 0.717) is 0 Å². The summed E-state index contributed by atoms with van der Waals surface area (Å²) in [5, 5.41) is 0. The molecule has 0 N–H and O–H groups in total. The summed E-state index contributed by atoms with van der Waals surface area (Å²) in [4.78, 5) is 0. The van der Waals surface area contributed by atoms with Gasteiger partial charge in [-0.25, -0.2) is 0 Å². The third-order valence-electron chi connectivity index (χ3n) is 1.29. The summed E-state index contributed by atoms with van der Waals surface area (Å²) in [6, 6.07) is 0. The van der Waals surface area contributed by atoms with E-state index >= 15 is 0 Å². The van der Waals surface area contributed by atoms with Crippen LogP contribution >= 0.6 is 11.6 Å². The van der Waals surface area contributed by atoms with Gasteiger partial charge in [0.2, 0.25) is 5.75 Å². The van der Waals surface area contributed by atoms with E-state index in [1.54, 1.807) is 0 Å². The summed E-state index contributed by atoms with van der Waals surface area (Å²) >= 11 is 5.55. The van der Waals surface area contributed by atoms with Crippen LogP contribution in [0, 0.1) is 0 Å². The first-order valence-electron chi connectivity index (χ1n) is 3.27. The molecule has 9 heavy (non-hydrogen) atoms. The molecule has 0 unspecified atom stereocenters. The van der Waals surface area contributed by atoms with Gasteiger partial charge in [-0.05, 0) is 19.3 Å². The Balaban J connectivity index is 2.12. The Labute approximate surface area is 60.1 Å². The first kappa shape index (κ1) is 7.32. The van der Waals surface area contributed by atoms with Crippen LogP contribution in [0.1, 0.15) is 19.3 Å². The Morgan fingerprint density at radius 3 is 2.11 bits per heavy atom. The minimum Gasteiger partial charge on any atom is -0.340 e. The topological polar surface area (TPSA) is 18.5 Å². The maximum atomic E-state index is 5.55. The monoisotopic (exact) mass is 150 g/mol. The molecule has 1 heterocycles. The fourth-order valence-corrected chi connectivity index (χ4v) is 0.959. The summed E-state index contributed by atoms with van der Waals surface area (Å²) in [6.07, 6.45) is 3.39. The normalized spacial score (nSPS) is 25.0. The smallest absolute Gasteiger partial charge is 0.237 e. The van der Waals surface area contributed by atoms with E-state index in [1.165, 1.54) is 6.42 Å². The lowest BCUT2D eigenvalue weighted by Crippen LogP contribution is -2.14. The van der Waals surface area contributed by atoms with E-state index in [1.807, 2.05) is 0 Å². The first-order valence-corrected chi connectivity index (χ1v) is 3.70. The molecular weight excluding hydrogens is 140 g/mol. The van der Waals surface area contributed by atoms with Crippen LogP contribution in [-0.2, 0) is 9.47 Å². The van der Waals surface area contributed by atoms with Gasteiger partial charge in [0.05, 0.1) is 13.2 Å². The quantitative estimate of drug-likeness (QED) is 0.490. The Bertz CT molecular complexity index is 69.5. The molecule has 1 fully saturated rings. The Morgan fingerprint density at radius 2 is 1.56 bits per heavy atom. The van der Waals surface area contributed by atoms with Crippen LogP contribution in [0.15, 0.2) is 0 Å². The van der Waals surface area contributed by atoms with Crippen molar-refractivity contribution < 1.29 is 9.47 Å². The number of alkyl halides is 1. The number of ether oxygens (including phenoxy) is 2. The lowest BCUT2D eigenvalue weighted by atomic mass is 10.2. The molecule has 1 aliphatic heterocycles. The molecule has 1 aliphatic rings. The van der Waals surface area contributed by atoms with Crippen molar-refractivity contribution in [1.29, 1.82) is 0 Å². The average molecular weight is 151 g/mol. The summed E-state index contributed by atoms with van der Waals surface area (Å²) < 4.78 is 10.1. The standard InChI is InChI=1S/C6H11ClO2/c7-6-8-4-2-1-3-5-9-6/h6H,1-5H2. The van der Waals surface area contributed by atoms with E-state index < -0.39 is 5.75 Å². The third-order valence-corrected chi connectivity index (χ3v) is 1.54. The zero-order valence-electron chi connectivity index (χ0n) is 5.31. The van der Waals surface area contributed by atoms with Crippen LogP contribution in [0.2, 0.25) is 0 Å². The van der Waals surface area contributed by atoms with Crippen LogP contribution in [0.25, 0.3) is 0 Å². The summed E-state index contributed by atoms with van der Waals surface area (Å²) in [5.41, 5.74) is 0. The number of halogens is 1. The van der Waals surface area contributed by atoms with Gasteiger partial charge in [0, 0.05) is 0 Å². The molecule has 0 aromatic rings. The van der Waals surface area contributed by atoms with E-state index in [0.717, 1.165) is 26.1 Å². The van der Waals surface area contributed by atoms with Gasteiger partial charge in [0.1, 0.15) is 0 Å². The molecule has 0 atom stereocenters. The van der Waals surface area contributed by atoms with Gasteiger partial charge >= 0.3 is 0 Å². The average Bonchev–Trinajstić information content (AvgIpc) is 1.79. The Kier molecular flexibility index (Phi) is 3.33. The zero-order valence-corrected chi connectivity index (χ0v) is 6.06. The van der Waals surface area contributed by atoms with Crippen molar-refractivity contribution in [2.75, 3.05) is 13.2 Å². The molecule has 0 radical (unpaired) electrons. The minimum atomic E-state index is -0.509. The van der Waals surface area contributed by atoms with E-state index in [2.05, 4.69) is 0 Å². The highest BCUT2D eigenvalue weighted by atomic mass is 35.5. The molecule has 3 heteroatoms. The second kappa shape index (κ2) is 4.09. The van der Waals surface area contributed by atoms with Crippen LogP contribution in [0.5, 0.6) is 0 Å². The van der Waals surface area contributed by atoms with E-state index in [9.17, 15) is 0 Å². The van der Waals surface area contributed by atoms with Crippen LogP contribution in [0.3, 0.4) is 0 Å². The molecule has 1 rings (SSSR count). The van der Waals surface area contributed by atoms with Crippen molar-refractivity contribution in [2.24, 2.45) is 0 Å². The Hall–Kier alpha value is 0.210. The van der Waals surface area contributed by atoms with E-state index in [-0.39, 0.29) is 0 Å². The predicted molar refractivity (Wildman–Crippen MR) is 35.4 cm³/mol. The van der Waals surface area contributed by atoms with Crippen LogP contribution in [0.4, 0.5) is 0 Å². The Morgan fingerprint density at radius 1 is 1.00 bits per heavy atom. The molecule has 0 spiro atoms. The lowest BCUT2D eigenvalue weighted by molar-refractivity contribution is -0.0986. The van der Waals surface area contributed by atoms with Gasteiger partial charge in [-0.3, -0.25) is 0 Å². The van der Waals surface area contributed by atoms with Crippen molar-refractivity contribution >= 4 is 11.6 Å². The van der Waals surface area contributed by atoms with Gasteiger partial charge < -0.3 is 9.47 Å². The van der Waals surface area contributed by atoms with Crippen molar-refractivity contribution in [3.63, 3.8) is 0 Å². The highest BCUT2D eigenvalue weighted by Crippen LogP contribution is 2.08. The van der Waals surface area contributed by atoms with Crippen LogP contribution in [-0.4, -0.2) is 19.0 Å². The fraction of sp³-hybridized carbons (Fsp3) is 1.00. The predicted octanol–water partition coefficient (Wildman–Crippen LogP) is 1.73. The highest BCUT2D eigenvalue weighted by Gasteiger charge is 2.06. The van der Waals surface area contributed by atoms with Gasteiger partial charge in [0.15, 0.2) is 0 Å². The number of hydrogen-bond acceptors (Lipinski definition) is 2. The molecule has 0 aromatic heterocycles. The molecule has 0 aliphatic carbocycles.